The van der Waals surface area contributed by atoms with Crippen LogP contribution in [0.4, 0.5) is 0 Å². The van der Waals surface area contributed by atoms with Crippen molar-refractivity contribution in [2.24, 2.45) is 0 Å². The highest BCUT2D eigenvalue weighted by atomic mass is 35.5. The molecule has 0 radical (unpaired) electrons. The first-order chi connectivity index (χ1) is 8.16. The van der Waals surface area contributed by atoms with Gasteiger partial charge in [0, 0.05) is 38.6 Å². The largest absolute Gasteiger partial charge is 0.304 e. The lowest BCUT2D eigenvalue weighted by atomic mass is 10.3. The summed E-state index contributed by atoms with van der Waals surface area (Å²) < 4.78 is 0. The molecule has 0 saturated carbocycles. The predicted molar refractivity (Wildman–Crippen MR) is 65.8 cm³/mol. The Hall–Kier alpha value is -1.17. The zero-order valence-corrected chi connectivity index (χ0v) is 10.4. The van der Waals surface area contributed by atoms with E-state index in [9.17, 15) is 4.79 Å². The second-order valence-corrected chi connectivity index (χ2v) is 4.49. The molecule has 1 N–H and O–H groups in total. The number of piperazine rings is 1. The fourth-order valence-electron chi connectivity index (χ4n) is 1.67. The fraction of sp³-hybridized carbons (Fsp3) is 0.455. The number of hydrogen-bond acceptors (Lipinski definition) is 4. The van der Waals surface area contributed by atoms with Gasteiger partial charge in [-0.1, -0.05) is 11.6 Å². The molecule has 0 spiro atoms. The number of rotatable bonds is 2. The molecule has 1 aromatic heterocycles. The lowest BCUT2D eigenvalue weighted by Crippen LogP contribution is -2.52. The number of hydrogen-bond donors (Lipinski definition) is 1. The third-order valence-electron chi connectivity index (χ3n) is 2.78. The Morgan fingerprint density at radius 2 is 2.12 bits per heavy atom. The molecule has 6 heteroatoms. The van der Waals surface area contributed by atoms with Crippen molar-refractivity contribution in [2.45, 2.75) is 0 Å². The molecule has 92 valence electrons. The Balaban J connectivity index is 1.96. The molecule has 1 fully saturated rings. The molecule has 17 heavy (non-hydrogen) atoms. The van der Waals surface area contributed by atoms with Crippen LogP contribution in [0.2, 0.25) is 5.02 Å². The molecule has 5 nitrogen and oxygen atoms in total. The first-order valence-corrected chi connectivity index (χ1v) is 5.88. The van der Waals surface area contributed by atoms with Gasteiger partial charge >= 0.3 is 0 Å². The molecule has 0 aliphatic carbocycles. The molecular formula is C11H15ClN4O. The van der Waals surface area contributed by atoms with E-state index in [1.165, 1.54) is 6.20 Å². The summed E-state index contributed by atoms with van der Waals surface area (Å²) in [5, 5.41) is 2.33. The number of carbonyl (C=O) groups excluding carboxylic acids is 1. The number of likely N-dealkylation sites (N-methyl/N-ethyl adjacent to an activating group) is 1. The normalized spacial score (nSPS) is 18.0. The second-order valence-electron chi connectivity index (χ2n) is 4.09. The molecule has 1 aromatic rings. The highest BCUT2D eigenvalue weighted by Crippen LogP contribution is 2.13. The summed E-state index contributed by atoms with van der Waals surface area (Å²) in [4.78, 5) is 18.0. The zero-order chi connectivity index (χ0) is 12.3. The molecule has 2 rings (SSSR count). The van der Waals surface area contributed by atoms with E-state index in [1.54, 1.807) is 12.3 Å². The quantitative estimate of drug-likeness (QED) is 0.841. The smallest absolute Gasteiger partial charge is 0.268 e. The van der Waals surface area contributed by atoms with E-state index in [-0.39, 0.29) is 5.91 Å². The minimum Gasteiger partial charge on any atom is -0.304 e. The molecule has 0 aromatic carbocycles. The summed E-state index contributed by atoms with van der Waals surface area (Å²) in [7, 11) is 2.07. The van der Waals surface area contributed by atoms with Crippen LogP contribution in [-0.4, -0.2) is 54.0 Å². The van der Waals surface area contributed by atoms with Crippen molar-refractivity contribution in [2.75, 3.05) is 33.2 Å². The molecule has 1 aliphatic heterocycles. The zero-order valence-electron chi connectivity index (χ0n) is 9.69. The Morgan fingerprint density at radius 1 is 1.41 bits per heavy atom. The van der Waals surface area contributed by atoms with Crippen LogP contribution in [0.1, 0.15) is 10.4 Å². The van der Waals surface area contributed by atoms with E-state index < -0.39 is 0 Å². The average Bonchev–Trinajstić information content (AvgIpc) is 2.32. The molecule has 1 saturated heterocycles. The van der Waals surface area contributed by atoms with Crippen molar-refractivity contribution >= 4 is 17.5 Å². The third kappa shape index (κ3) is 3.15. The molecule has 0 unspecified atom stereocenters. The van der Waals surface area contributed by atoms with Crippen LogP contribution in [0.3, 0.4) is 0 Å². The summed E-state index contributed by atoms with van der Waals surface area (Å²) in [6.07, 6.45) is 3.04. The molecule has 0 atom stereocenters. The van der Waals surface area contributed by atoms with Gasteiger partial charge in [0.2, 0.25) is 0 Å². The van der Waals surface area contributed by atoms with Crippen molar-refractivity contribution in [3.63, 3.8) is 0 Å². The fourth-order valence-corrected chi connectivity index (χ4v) is 1.86. The Labute approximate surface area is 105 Å². The third-order valence-corrected chi connectivity index (χ3v) is 3.11. The van der Waals surface area contributed by atoms with Crippen molar-refractivity contribution in [3.05, 3.63) is 29.0 Å². The van der Waals surface area contributed by atoms with Crippen LogP contribution in [0.15, 0.2) is 18.5 Å². The Morgan fingerprint density at radius 3 is 2.76 bits per heavy atom. The number of hydrazine groups is 1. The topological polar surface area (TPSA) is 48.5 Å². The molecule has 1 amide bonds. The minimum absolute atomic E-state index is 0.201. The van der Waals surface area contributed by atoms with Gasteiger partial charge in [0.1, 0.15) is 0 Å². The van der Waals surface area contributed by atoms with Crippen LogP contribution in [0.5, 0.6) is 0 Å². The van der Waals surface area contributed by atoms with Gasteiger partial charge in [-0.2, -0.15) is 0 Å². The number of nitrogens with zero attached hydrogens (tertiary/aromatic N) is 3. The molecular weight excluding hydrogens is 240 g/mol. The first-order valence-electron chi connectivity index (χ1n) is 5.51. The van der Waals surface area contributed by atoms with Crippen LogP contribution in [-0.2, 0) is 0 Å². The van der Waals surface area contributed by atoms with Crippen molar-refractivity contribution in [1.82, 2.24) is 20.3 Å². The van der Waals surface area contributed by atoms with Crippen molar-refractivity contribution in [1.29, 1.82) is 0 Å². The number of carbonyl (C=O) groups is 1. The van der Waals surface area contributed by atoms with E-state index in [0.717, 1.165) is 26.2 Å². The lowest BCUT2D eigenvalue weighted by molar-refractivity contribution is 0.0662. The van der Waals surface area contributed by atoms with E-state index in [2.05, 4.69) is 22.4 Å². The maximum Gasteiger partial charge on any atom is 0.268 e. The highest BCUT2D eigenvalue weighted by Gasteiger charge is 2.17. The van der Waals surface area contributed by atoms with Crippen LogP contribution >= 0.6 is 11.6 Å². The highest BCUT2D eigenvalue weighted by molar-refractivity contribution is 6.33. The van der Waals surface area contributed by atoms with Crippen LogP contribution in [0.25, 0.3) is 0 Å². The van der Waals surface area contributed by atoms with Gasteiger partial charge < -0.3 is 4.90 Å². The maximum atomic E-state index is 11.9. The number of halogens is 1. The van der Waals surface area contributed by atoms with Crippen molar-refractivity contribution < 1.29 is 4.79 Å². The number of aromatic nitrogens is 1. The van der Waals surface area contributed by atoms with Crippen LogP contribution in [0, 0.1) is 0 Å². The van der Waals surface area contributed by atoms with E-state index >= 15 is 0 Å². The number of nitrogens with one attached hydrogen (secondary N) is 1. The Bertz CT molecular complexity index is 404. The van der Waals surface area contributed by atoms with Gasteiger partial charge in [-0.3, -0.25) is 15.2 Å². The summed E-state index contributed by atoms with van der Waals surface area (Å²) in [6.45, 7) is 3.53. The standard InChI is InChI=1S/C11H15ClN4O/c1-15-4-6-16(7-5-15)14-11(17)9-8-13-3-2-10(9)12/h2-3,8H,4-7H2,1H3,(H,14,17). The number of pyridine rings is 1. The monoisotopic (exact) mass is 254 g/mol. The van der Waals surface area contributed by atoms with E-state index in [0.29, 0.717) is 10.6 Å². The predicted octanol–water partition coefficient (Wildman–Crippen LogP) is 0.627. The average molecular weight is 255 g/mol. The van der Waals surface area contributed by atoms with Crippen molar-refractivity contribution in [3.8, 4) is 0 Å². The first kappa shape index (κ1) is 12.3. The van der Waals surface area contributed by atoms with Gasteiger partial charge in [-0.05, 0) is 13.1 Å². The van der Waals surface area contributed by atoms with E-state index in [4.69, 9.17) is 11.6 Å². The van der Waals surface area contributed by atoms with Crippen LogP contribution < -0.4 is 5.43 Å². The molecule has 0 bridgehead atoms. The van der Waals surface area contributed by atoms with Gasteiger partial charge in [0.25, 0.3) is 5.91 Å². The summed E-state index contributed by atoms with van der Waals surface area (Å²) in [5.41, 5.74) is 3.25. The molecule has 1 aliphatic rings. The minimum atomic E-state index is -0.201. The van der Waals surface area contributed by atoms with Gasteiger partial charge in [-0.25, -0.2) is 5.01 Å². The maximum absolute atomic E-state index is 11.9. The van der Waals surface area contributed by atoms with E-state index in [1.807, 2.05) is 5.01 Å². The van der Waals surface area contributed by atoms with Gasteiger partial charge in [0.15, 0.2) is 0 Å². The Kier molecular flexibility index (Phi) is 3.93. The molecule has 2 heterocycles. The van der Waals surface area contributed by atoms with Gasteiger partial charge in [0.05, 0.1) is 10.6 Å². The summed E-state index contributed by atoms with van der Waals surface area (Å²) in [6, 6.07) is 1.61. The van der Waals surface area contributed by atoms with Gasteiger partial charge in [-0.15, -0.1) is 0 Å². The second kappa shape index (κ2) is 5.44. The SMILES string of the molecule is CN1CCN(NC(=O)c2cnccc2Cl)CC1. The lowest BCUT2D eigenvalue weighted by Gasteiger charge is -2.32. The number of amides is 1. The summed E-state index contributed by atoms with van der Waals surface area (Å²) >= 11 is 5.93. The summed E-state index contributed by atoms with van der Waals surface area (Å²) in [5.74, 6) is -0.201.